The van der Waals surface area contributed by atoms with Crippen molar-refractivity contribution in [2.75, 3.05) is 6.54 Å². The molecule has 1 rings (SSSR count). The molecule has 0 spiro atoms. The van der Waals surface area contributed by atoms with E-state index < -0.39 is 0 Å². The van der Waals surface area contributed by atoms with Crippen molar-refractivity contribution >= 4 is 5.91 Å². The first-order valence-corrected chi connectivity index (χ1v) is 3.76. The van der Waals surface area contributed by atoms with Gasteiger partial charge in [-0.05, 0) is 25.8 Å². The van der Waals surface area contributed by atoms with Crippen LogP contribution < -0.4 is 11.1 Å². The second-order valence-corrected chi connectivity index (χ2v) is 2.83. The quantitative estimate of drug-likeness (QED) is 0.570. The zero-order chi connectivity index (χ0) is 7.61. The van der Waals surface area contributed by atoms with E-state index in [1.165, 1.54) is 0 Å². The Morgan fingerprint density at radius 3 is 2.70 bits per heavy atom. The molecule has 58 valence electrons. The number of rotatable bonds is 2. The molecule has 0 aromatic rings. The summed E-state index contributed by atoms with van der Waals surface area (Å²) in [4.78, 5) is 10.9. The van der Waals surface area contributed by atoms with E-state index in [1.54, 1.807) is 0 Å². The van der Waals surface area contributed by atoms with Gasteiger partial charge in [-0.3, -0.25) is 4.79 Å². The van der Waals surface area contributed by atoms with Gasteiger partial charge in [0.15, 0.2) is 0 Å². The summed E-state index contributed by atoms with van der Waals surface area (Å²) in [5.74, 6) is -0.201. The standard InChI is InChI=1S/C7H14N2O/c1-2-7(6(8)10)4-3-5-9-7/h9H,2-5H2,1H3,(H2,8,10)/t7-/m1/s1. The van der Waals surface area contributed by atoms with Crippen LogP contribution in [0.1, 0.15) is 26.2 Å². The lowest BCUT2D eigenvalue weighted by atomic mass is 9.94. The van der Waals surface area contributed by atoms with Crippen LogP contribution in [0.4, 0.5) is 0 Å². The van der Waals surface area contributed by atoms with Crippen molar-refractivity contribution < 1.29 is 4.79 Å². The minimum Gasteiger partial charge on any atom is -0.368 e. The van der Waals surface area contributed by atoms with Crippen LogP contribution >= 0.6 is 0 Å². The number of amides is 1. The van der Waals surface area contributed by atoms with Crippen LogP contribution in [0.25, 0.3) is 0 Å². The van der Waals surface area contributed by atoms with Crippen molar-refractivity contribution in [2.24, 2.45) is 5.73 Å². The van der Waals surface area contributed by atoms with Crippen molar-refractivity contribution in [1.82, 2.24) is 5.32 Å². The summed E-state index contributed by atoms with van der Waals surface area (Å²) in [7, 11) is 0. The third-order valence-corrected chi connectivity index (χ3v) is 2.32. The average molecular weight is 142 g/mol. The molecule has 0 unspecified atom stereocenters. The molecular formula is C7H14N2O. The lowest BCUT2D eigenvalue weighted by molar-refractivity contribution is -0.123. The molecule has 3 nitrogen and oxygen atoms in total. The zero-order valence-electron chi connectivity index (χ0n) is 6.31. The Hall–Kier alpha value is -0.570. The molecule has 10 heavy (non-hydrogen) atoms. The second kappa shape index (κ2) is 2.58. The summed E-state index contributed by atoms with van der Waals surface area (Å²) in [5, 5.41) is 3.14. The Bertz CT molecular complexity index is 139. The molecule has 3 N–H and O–H groups in total. The predicted molar refractivity (Wildman–Crippen MR) is 39.5 cm³/mol. The average Bonchev–Trinajstić information content (AvgIpc) is 2.35. The molecule has 0 aromatic heterocycles. The Morgan fingerprint density at radius 1 is 1.80 bits per heavy atom. The molecule has 0 aromatic carbocycles. The number of carbonyl (C=O) groups excluding carboxylic acids is 1. The van der Waals surface area contributed by atoms with E-state index in [0.717, 1.165) is 25.8 Å². The zero-order valence-corrected chi connectivity index (χ0v) is 6.31. The highest BCUT2D eigenvalue weighted by molar-refractivity contribution is 5.84. The van der Waals surface area contributed by atoms with Crippen LogP contribution in [0.2, 0.25) is 0 Å². The maximum Gasteiger partial charge on any atom is 0.237 e. The first-order valence-electron chi connectivity index (χ1n) is 3.76. The van der Waals surface area contributed by atoms with Crippen LogP contribution in [0.3, 0.4) is 0 Å². The first kappa shape index (κ1) is 7.54. The third-order valence-electron chi connectivity index (χ3n) is 2.32. The molecule has 0 aliphatic carbocycles. The number of nitrogens with two attached hydrogens (primary N) is 1. The van der Waals surface area contributed by atoms with Crippen LogP contribution in [0.5, 0.6) is 0 Å². The van der Waals surface area contributed by atoms with Gasteiger partial charge < -0.3 is 11.1 Å². The van der Waals surface area contributed by atoms with Crippen LogP contribution in [-0.4, -0.2) is 18.0 Å². The van der Waals surface area contributed by atoms with E-state index in [-0.39, 0.29) is 11.4 Å². The molecular weight excluding hydrogens is 128 g/mol. The fourth-order valence-electron chi connectivity index (χ4n) is 1.49. The lowest BCUT2D eigenvalue weighted by Gasteiger charge is -2.23. The van der Waals surface area contributed by atoms with E-state index in [2.05, 4.69) is 5.32 Å². The molecule has 0 bridgehead atoms. The fourth-order valence-corrected chi connectivity index (χ4v) is 1.49. The smallest absolute Gasteiger partial charge is 0.237 e. The number of carbonyl (C=O) groups is 1. The summed E-state index contributed by atoms with van der Waals surface area (Å²) >= 11 is 0. The maximum atomic E-state index is 10.9. The van der Waals surface area contributed by atoms with Crippen molar-refractivity contribution in [3.8, 4) is 0 Å². The summed E-state index contributed by atoms with van der Waals surface area (Å²) < 4.78 is 0. The molecule has 3 heteroatoms. The largest absolute Gasteiger partial charge is 0.368 e. The minimum absolute atomic E-state index is 0.201. The highest BCUT2D eigenvalue weighted by Gasteiger charge is 2.36. The SMILES string of the molecule is CC[C@]1(C(N)=O)CCCN1. The third kappa shape index (κ3) is 1.01. The van der Waals surface area contributed by atoms with Crippen LogP contribution in [0, 0.1) is 0 Å². The van der Waals surface area contributed by atoms with E-state index in [1.807, 2.05) is 6.92 Å². The van der Waals surface area contributed by atoms with Crippen molar-refractivity contribution in [3.05, 3.63) is 0 Å². The molecule has 0 radical (unpaired) electrons. The molecule has 1 amide bonds. The maximum absolute atomic E-state index is 10.9. The molecule has 1 aliphatic heterocycles. The monoisotopic (exact) mass is 142 g/mol. The van der Waals surface area contributed by atoms with Gasteiger partial charge >= 0.3 is 0 Å². The summed E-state index contributed by atoms with van der Waals surface area (Å²) in [5.41, 5.74) is 4.87. The topological polar surface area (TPSA) is 55.1 Å². The van der Waals surface area contributed by atoms with Gasteiger partial charge in [0.25, 0.3) is 0 Å². The molecule has 1 saturated heterocycles. The predicted octanol–water partition coefficient (Wildman–Crippen LogP) is 0.00390. The van der Waals surface area contributed by atoms with Gasteiger partial charge in [0.1, 0.15) is 0 Å². The van der Waals surface area contributed by atoms with Gasteiger partial charge in [0, 0.05) is 0 Å². The Balaban J connectivity index is 2.67. The van der Waals surface area contributed by atoms with Gasteiger partial charge in [-0.25, -0.2) is 0 Å². The number of nitrogens with one attached hydrogen (secondary N) is 1. The highest BCUT2D eigenvalue weighted by Crippen LogP contribution is 2.21. The van der Waals surface area contributed by atoms with Crippen molar-refractivity contribution in [1.29, 1.82) is 0 Å². The molecule has 1 atom stereocenters. The Morgan fingerprint density at radius 2 is 2.50 bits per heavy atom. The molecule has 0 saturated carbocycles. The Kier molecular flexibility index (Phi) is 1.94. The minimum atomic E-state index is -0.375. The summed E-state index contributed by atoms with van der Waals surface area (Å²) in [6.45, 7) is 2.92. The fraction of sp³-hybridized carbons (Fsp3) is 0.857. The second-order valence-electron chi connectivity index (χ2n) is 2.83. The van der Waals surface area contributed by atoms with Crippen LogP contribution in [0.15, 0.2) is 0 Å². The van der Waals surface area contributed by atoms with Gasteiger partial charge in [-0.15, -0.1) is 0 Å². The van der Waals surface area contributed by atoms with Crippen LogP contribution in [-0.2, 0) is 4.79 Å². The van der Waals surface area contributed by atoms with E-state index in [0.29, 0.717) is 0 Å². The van der Waals surface area contributed by atoms with Gasteiger partial charge in [-0.1, -0.05) is 6.92 Å². The number of primary amides is 1. The lowest BCUT2D eigenvalue weighted by Crippen LogP contribution is -2.50. The van der Waals surface area contributed by atoms with Crippen molar-refractivity contribution in [3.63, 3.8) is 0 Å². The normalized spacial score (nSPS) is 32.5. The van der Waals surface area contributed by atoms with E-state index >= 15 is 0 Å². The number of hydrogen-bond donors (Lipinski definition) is 2. The molecule has 1 aliphatic rings. The van der Waals surface area contributed by atoms with Gasteiger partial charge in [0.2, 0.25) is 5.91 Å². The highest BCUT2D eigenvalue weighted by atomic mass is 16.1. The number of hydrogen-bond acceptors (Lipinski definition) is 2. The van der Waals surface area contributed by atoms with E-state index in [9.17, 15) is 4.79 Å². The van der Waals surface area contributed by atoms with Crippen molar-refractivity contribution in [2.45, 2.75) is 31.7 Å². The van der Waals surface area contributed by atoms with E-state index in [4.69, 9.17) is 5.73 Å². The summed E-state index contributed by atoms with van der Waals surface area (Å²) in [6, 6.07) is 0. The first-order chi connectivity index (χ1) is 4.71. The molecule has 1 heterocycles. The Labute approximate surface area is 61.0 Å². The van der Waals surface area contributed by atoms with Gasteiger partial charge in [0.05, 0.1) is 5.54 Å². The van der Waals surface area contributed by atoms with Gasteiger partial charge in [-0.2, -0.15) is 0 Å². The summed E-state index contributed by atoms with van der Waals surface area (Å²) in [6.07, 6.45) is 2.78. The molecule has 1 fully saturated rings.